The first-order valence-corrected chi connectivity index (χ1v) is 15.8. The zero-order valence-electron chi connectivity index (χ0n) is 23.1. The average Bonchev–Trinajstić information content (AvgIpc) is 2.88. The van der Waals surface area contributed by atoms with Crippen molar-refractivity contribution in [1.82, 2.24) is 10.2 Å². The maximum absolute atomic E-state index is 13.6. The van der Waals surface area contributed by atoms with Crippen molar-refractivity contribution in [3.05, 3.63) is 58.1 Å². The van der Waals surface area contributed by atoms with E-state index in [2.05, 4.69) is 5.32 Å². The van der Waals surface area contributed by atoms with Gasteiger partial charge >= 0.3 is 0 Å². The number of amides is 2. The molecule has 0 aliphatic carbocycles. The molecule has 0 unspecified atom stereocenters. The van der Waals surface area contributed by atoms with E-state index in [1.165, 1.54) is 9.21 Å². The standard InChI is InChI=1S/C28H39Cl2N3O5S/c1-5-8-17-31-28(35)24(6-2)32(20-21-15-16-22(29)19-23(21)30)27(34)14-11-18-33(39(4,36)37)25-12-9-10-13-26(25)38-7-3/h9-10,12-13,15-16,19,24H,5-8,11,14,17-18,20H2,1-4H3,(H,31,35)/t24-/m0/s1. The Morgan fingerprint density at radius 1 is 1.05 bits per heavy atom. The summed E-state index contributed by atoms with van der Waals surface area (Å²) < 4.78 is 32.2. The quantitative estimate of drug-likeness (QED) is 0.251. The lowest BCUT2D eigenvalue weighted by Gasteiger charge is -2.31. The van der Waals surface area contributed by atoms with E-state index in [0.717, 1.165) is 19.1 Å². The fourth-order valence-electron chi connectivity index (χ4n) is 4.18. The Morgan fingerprint density at radius 2 is 1.77 bits per heavy atom. The van der Waals surface area contributed by atoms with E-state index >= 15 is 0 Å². The summed E-state index contributed by atoms with van der Waals surface area (Å²) in [6.45, 7) is 6.82. The Balaban J connectivity index is 2.27. The van der Waals surface area contributed by atoms with Gasteiger partial charge < -0.3 is 15.0 Å². The maximum Gasteiger partial charge on any atom is 0.242 e. The van der Waals surface area contributed by atoms with Crippen LogP contribution in [0.15, 0.2) is 42.5 Å². The fraction of sp³-hybridized carbons (Fsp3) is 0.500. The van der Waals surface area contributed by atoms with Gasteiger partial charge in [0.15, 0.2) is 0 Å². The molecule has 216 valence electrons. The smallest absolute Gasteiger partial charge is 0.242 e. The maximum atomic E-state index is 13.6. The van der Waals surface area contributed by atoms with E-state index in [0.29, 0.717) is 46.6 Å². The molecule has 2 rings (SSSR count). The number of sulfonamides is 1. The van der Waals surface area contributed by atoms with Crippen molar-refractivity contribution < 1.29 is 22.7 Å². The SMILES string of the molecule is CCCCNC(=O)[C@H](CC)N(Cc1ccc(Cl)cc1Cl)C(=O)CCCN(c1ccccc1OCC)S(C)(=O)=O. The van der Waals surface area contributed by atoms with Crippen molar-refractivity contribution in [2.75, 3.05) is 30.3 Å². The molecule has 0 fully saturated rings. The summed E-state index contributed by atoms with van der Waals surface area (Å²) >= 11 is 12.5. The van der Waals surface area contributed by atoms with Crippen LogP contribution in [0.5, 0.6) is 5.75 Å². The van der Waals surface area contributed by atoms with Gasteiger partial charge in [0.05, 0.1) is 18.6 Å². The Bertz CT molecular complexity index is 1210. The summed E-state index contributed by atoms with van der Waals surface area (Å²) in [5.41, 5.74) is 1.08. The summed E-state index contributed by atoms with van der Waals surface area (Å²) in [4.78, 5) is 28.2. The molecule has 11 heteroatoms. The number of para-hydroxylation sites is 2. The molecule has 0 heterocycles. The number of rotatable bonds is 16. The Kier molecular flexibility index (Phi) is 13.4. The number of nitrogens with one attached hydrogen (secondary N) is 1. The molecular weight excluding hydrogens is 561 g/mol. The fourth-order valence-corrected chi connectivity index (χ4v) is 5.62. The Hall–Kier alpha value is -2.49. The van der Waals surface area contributed by atoms with Crippen LogP contribution < -0.4 is 14.4 Å². The third-order valence-electron chi connectivity index (χ3n) is 6.16. The third-order valence-corrected chi connectivity index (χ3v) is 7.92. The number of benzene rings is 2. The lowest BCUT2D eigenvalue weighted by atomic mass is 10.1. The highest BCUT2D eigenvalue weighted by atomic mass is 35.5. The van der Waals surface area contributed by atoms with Gasteiger partial charge in [-0.25, -0.2) is 8.42 Å². The first kappa shape index (κ1) is 32.7. The monoisotopic (exact) mass is 599 g/mol. The van der Waals surface area contributed by atoms with E-state index in [1.54, 1.807) is 42.5 Å². The highest BCUT2D eigenvalue weighted by Crippen LogP contribution is 2.30. The van der Waals surface area contributed by atoms with Crippen LogP contribution in [0.25, 0.3) is 0 Å². The van der Waals surface area contributed by atoms with Gasteiger partial charge in [-0.1, -0.05) is 61.7 Å². The van der Waals surface area contributed by atoms with Crippen molar-refractivity contribution in [3.63, 3.8) is 0 Å². The molecule has 0 aromatic heterocycles. The molecule has 8 nitrogen and oxygen atoms in total. The van der Waals surface area contributed by atoms with Crippen LogP contribution in [0.2, 0.25) is 10.0 Å². The molecule has 0 bridgehead atoms. The Morgan fingerprint density at radius 3 is 2.38 bits per heavy atom. The zero-order chi connectivity index (χ0) is 29.0. The van der Waals surface area contributed by atoms with Crippen molar-refractivity contribution in [1.29, 1.82) is 0 Å². The second-order valence-electron chi connectivity index (χ2n) is 9.17. The average molecular weight is 601 g/mol. The summed E-state index contributed by atoms with van der Waals surface area (Å²) in [6, 6.07) is 11.2. The van der Waals surface area contributed by atoms with Crippen molar-refractivity contribution in [2.45, 2.75) is 65.5 Å². The molecule has 0 aliphatic heterocycles. The minimum atomic E-state index is -3.65. The summed E-state index contributed by atoms with van der Waals surface area (Å²) in [5.74, 6) is -0.0524. The molecule has 0 saturated carbocycles. The number of halogens is 2. The molecule has 0 aliphatic rings. The lowest BCUT2D eigenvalue weighted by molar-refractivity contribution is -0.141. The van der Waals surface area contributed by atoms with E-state index in [9.17, 15) is 18.0 Å². The van der Waals surface area contributed by atoms with Gasteiger partial charge in [-0.15, -0.1) is 0 Å². The molecule has 1 N–H and O–H groups in total. The molecule has 2 amide bonds. The number of nitrogens with zero attached hydrogens (tertiary/aromatic N) is 2. The second-order valence-corrected chi connectivity index (χ2v) is 11.9. The third kappa shape index (κ3) is 9.89. The molecule has 39 heavy (non-hydrogen) atoms. The molecule has 0 saturated heterocycles. The first-order valence-electron chi connectivity index (χ1n) is 13.2. The van der Waals surface area contributed by atoms with E-state index < -0.39 is 16.1 Å². The first-order chi connectivity index (χ1) is 18.5. The second kappa shape index (κ2) is 15.9. The van der Waals surface area contributed by atoms with Gasteiger partial charge in [0.1, 0.15) is 11.8 Å². The summed E-state index contributed by atoms with van der Waals surface area (Å²) in [6.07, 6.45) is 3.58. The van der Waals surface area contributed by atoms with Crippen molar-refractivity contribution >= 4 is 50.7 Å². The highest BCUT2D eigenvalue weighted by Gasteiger charge is 2.29. The Labute approximate surface area is 242 Å². The molecule has 1 atom stereocenters. The number of anilines is 1. The van der Waals surface area contributed by atoms with Crippen LogP contribution in [0.4, 0.5) is 5.69 Å². The number of ether oxygens (including phenoxy) is 1. The van der Waals surface area contributed by atoms with Crippen LogP contribution in [0, 0.1) is 0 Å². The van der Waals surface area contributed by atoms with Gasteiger partial charge in [-0.3, -0.25) is 13.9 Å². The predicted octanol–water partition coefficient (Wildman–Crippen LogP) is 5.66. The highest BCUT2D eigenvalue weighted by molar-refractivity contribution is 7.92. The van der Waals surface area contributed by atoms with Gasteiger partial charge in [0.2, 0.25) is 21.8 Å². The topological polar surface area (TPSA) is 96.0 Å². The minimum absolute atomic E-state index is 0.0345. The lowest BCUT2D eigenvalue weighted by Crippen LogP contribution is -2.49. The molecule has 2 aromatic carbocycles. The molecular formula is C28H39Cl2N3O5S. The summed E-state index contributed by atoms with van der Waals surface area (Å²) in [5, 5.41) is 3.80. The van der Waals surface area contributed by atoms with Gasteiger partial charge in [-0.2, -0.15) is 0 Å². The number of carbonyl (C=O) groups is 2. The normalized spacial score (nSPS) is 12.1. The summed E-state index contributed by atoms with van der Waals surface area (Å²) in [7, 11) is -3.65. The number of hydrogen-bond donors (Lipinski definition) is 1. The van der Waals surface area contributed by atoms with Gasteiger partial charge in [0, 0.05) is 36.1 Å². The van der Waals surface area contributed by atoms with E-state index in [-0.39, 0.29) is 37.7 Å². The zero-order valence-corrected chi connectivity index (χ0v) is 25.4. The van der Waals surface area contributed by atoms with Crippen LogP contribution in [0.3, 0.4) is 0 Å². The van der Waals surface area contributed by atoms with Crippen LogP contribution in [-0.4, -0.2) is 57.1 Å². The largest absolute Gasteiger partial charge is 0.492 e. The van der Waals surface area contributed by atoms with E-state index in [4.69, 9.17) is 27.9 Å². The van der Waals surface area contributed by atoms with Crippen molar-refractivity contribution in [3.8, 4) is 5.75 Å². The predicted molar refractivity (Wildman–Crippen MR) is 158 cm³/mol. The molecule has 0 spiro atoms. The van der Waals surface area contributed by atoms with Crippen LogP contribution in [0.1, 0.15) is 58.4 Å². The van der Waals surface area contributed by atoms with Crippen molar-refractivity contribution in [2.24, 2.45) is 0 Å². The van der Waals surface area contributed by atoms with Crippen LogP contribution >= 0.6 is 23.2 Å². The number of carbonyl (C=O) groups excluding carboxylic acids is 2. The minimum Gasteiger partial charge on any atom is -0.492 e. The van der Waals surface area contributed by atoms with Gasteiger partial charge in [0.25, 0.3) is 0 Å². The number of unbranched alkanes of at least 4 members (excludes halogenated alkanes) is 1. The van der Waals surface area contributed by atoms with Gasteiger partial charge in [-0.05, 0) is 56.0 Å². The molecule has 2 aromatic rings. The molecule has 0 radical (unpaired) electrons. The van der Waals surface area contributed by atoms with Crippen LogP contribution in [-0.2, 0) is 26.2 Å². The number of hydrogen-bond acceptors (Lipinski definition) is 5. The van der Waals surface area contributed by atoms with E-state index in [1.807, 2.05) is 20.8 Å².